The van der Waals surface area contributed by atoms with Gasteiger partial charge in [-0.05, 0) is 45.0 Å². The maximum absolute atomic E-state index is 12.2. The first kappa shape index (κ1) is 33.2. The fourth-order valence-electron chi connectivity index (χ4n) is 4.67. The van der Waals surface area contributed by atoms with Crippen molar-refractivity contribution in [3.05, 3.63) is 24.5 Å². The van der Waals surface area contributed by atoms with Gasteiger partial charge in [0.1, 0.15) is 29.1 Å². The van der Waals surface area contributed by atoms with Crippen LogP contribution >= 0.6 is 0 Å². The van der Waals surface area contributed by atoms with Crippen LogP contribution in [0.5, 0.6) is 0 Å². The first-order chi connectivity index (χ1) is 21.7. The minimum Gasteiger partial charge on any atom is -0.424 e. The van der Waals surface area contributed by atoms with Crippen LogP contribution in [-0.2, 0) is 30.4 Å². The molecule has 0 atom stereocenters. The maximum Gasteiger partial charge on any atom is 0.292 e. The van der Waals surface area contributed by atoms with Crippen molar-refractivity contribution in [2.45, 2.75) is 32.7 Å². The molecule has 45 heavy (non-hydrogen) atoms. The second-order valence-corrected chi connectivity index (χ2v) is 10.5. The Morgan fingerprint density at radius 2 is 1.76 bits per heavy atom. The van der Waals surface area contributed by atoms with Crippen LogP contribution in [0.2, 0.25) is 0 Å². The number of aryl methyl sites for hydroxylation is 1. The molecule has 0 aliphatic carbocycles. The Balaban J connectivity index is 1.09. The van der Waals surface area contributed by atoms with Crippen molar-refractivity contribution < 1.29 is 28.3 Å². The molecule has 242 valence electrons. The number of fused-ring (bicyclic) bond motifs is 2. The Kier molecular flexibility index (Phi) is 12.1. The maximum atomic E-state index is 12.2. The van der Waals surface area contributed by atoms with Gasteiger partial charge >= 0.3 is 0 Å². The minimum atomic E-state index is -0.169. The molecule has 2 amide bonds. The number of carbonyl (C=O) groups excluding carboxylic acids is 3. The van der Waals surface area contributed by atoms with Crippen molar-refractivity contribution >= 4 is 51.6 Å². The number of hydrogen-bond acceptors (Lipinski definition) is 13. The van der Waals surface area contributed by atoms with Crippen molar-refractivity contribution in [1.82, 2.24) is 40.3 Å². The average Bonchev–Trinajstić information content (AvgIpc) is 3.55. The van der Waals surface area contributed by atoms with Gasteiger partial charge < -0.3 is 36.0 Å². The van der Waals surface area contributed by atoms with Crippen LogP contribution in [0, 0.1) is 0 Å². The number of amides is 2. The molecule has 0 unspecified atom stereocenters. The van der Waals surface area contributed by atoms with Crippen molar-refractivity contribution in [3.8, 4) is 11.3 Å². The number of nitrogens with one attached hydrogen (secondary N) is 2. The number of ether oxygens (including phenoxy) is 2. The van der Waals surface area contributed by atoms with E-state index in [1.54, 1.807) is 22.7 Å². The third kappa shape index (κ3) is 9.92. The predicted octanol–water partition coefficient (Wildman–Crippen LogP) is 0.756. The first-order valence-electron chi connectivity index (χ1n) is 14.7. The number of nitrogens with zero attached hydrogens (tertiary/aromatic N) is 6. The number of nitrogens with two attached hydrogens (primary N) is 2. The zero-order chi connectivity index (χ0) is 32.2. The number of Topliss-reactive ketones (excluding diaryl/α,β-unsaturated/α-hetero) is 1. The van der Waals surface area contributed by atoms with E-state index in [1.165, 1.54) is 13.3 Å². The Morgan fingerprint density at radius 3 is 2.56 bits per heavy atom. The zero-order valence-electron chi connectivity index (χ0n) is 25.6. The number of carbonyl (C=O) groups is 3. The molecule has 0 saturated carbocycles. The third-order valence-electron chi connectivity index (χ3n) is 6.68. The Labute approximate surface area is 259 Å². The molecule has 0 spiro atoms. The summed E-state index contributed by atoms with van der Waals surface area (Å²) in [6.45, 7) is 4.65. The highest BCUT2D eigenvalue weighted by Gasteiger charge is 2.18. The van der Waals surface area contributed by atoms with E-state index in [1.807, 2.05) is 12.1 Å². The third-order valence-corrected chi connectivity index (χ3v) is 6.68. The Morgan fingerprint density at radius 1 is 0.978 bits per heavy atom. The summed E-state index contributed by atoms with van der Waals surface area (Å²) in [4.78, 5) is 49.4. The normalized spacial score (nSPS) is 11.4. The summed E-state index contributed by atoms with van der Waals surface area (Å²) < 4.78 is 18.1. The van der Waals surface area contributed by atoms with Gasteiger partial charge in [0.15, 0.2) is 11.2 Å². The number of unbranched alkanes of at least 4 members (excludes halogenated alkanes) is 1. The summed E-state index contributed by atoms with van der Waals surface area (Å²) in [5, 5.41) is 11.1. The number of benzene rings is 1. The molecule has 3 aromatic heterocycles. The molecule has 16 nitrogen and oxygen atoms in total. The molecule has 0 bridgehead atoms. The summed E-state index contributed by atoms with van der Waals surface area (Å²) in [7, 11) is 1.71. The fraction of sp³-hybridized carbons (Fsp3) is 0.483. The van der Waals surface area contributed by atoms with Crippen LogP contribution < -0.4 is 22.1 Å². The van der Waals surface area contributed by atoms with Gasteiger partial charge in [0, 0.05) is 31.6 Å². The van der Waals surface area contributed by atoms with E-state index in [0.717, 1.165) is 18.4 Å². The topological polar surface area (TPSA) is 219 Å². The zero-order valence-corrected chi connectivity index (χ0v) is 25.6. The summed E-state index contributed by atoms with van der Waals surface area (Å²) in [6.07, 6.45) is 3.15. The summed E-state index contributed by atoms with van der Waals surface area (Å²) >= 11 is 0. The van der Waals surface area contributed by atoms with Crippen LogP contribution in [0.1, 0.15) is 26.2 Å². The highest BCUT2D eigenvalue weighted by Crippen LogP contribution is 2.32. The quantitative estimate of drug-likeness (QED) is 0.106. The lowest BCUT2D eigenvalue weighted by molar-refractivity contribution is -0.123. The van der Waals surface area contributed by atoms with E-state index >= 15 is 0 Å². The lowest BCUT2D eigenvalue weighted by atomic mass is 10.1. The van der Waals surface area contributed by atoms with E-state index in [2.05, 4.69) is 25.6 Å². The number of aromatic nitrogens is 5. The molecular formula is C29H40N10O6. The van der Waals surface area contributed by atoms with Gasteiger partial charge in [-0.15, -0.1) is 0 Å². The monoisotopic (exact) mass is 624 g/mol. The van der Waals surface area contributed by atoms with Gasteiger partial charge in [-0.25, -0.2) is 14.6 Å². The Bertz CT molecular complexity index is 1600. The summed E-state index contributed by atoms with van der Waals surface area (Å²) in [5.74, 6) is 0.0745. The first-order valence-corrected chi connectivity index (χ1v) is 14.7. The molecule has 4 rings (SSSR count). The molecule has 6 N–H and O–H groups in total. The Hall–Kier alpha value is -4.67. The van der Waals surface area contributed by atoms with Gasteiger partial charge in [0.2, 0.25) is 11.8 Å². The number of ketones is 1. The molecule has 16 heteroatoms. The number of likely N-dealkylation sites (N-methyl/N-ethyl adjacent to an activating group) is 1. The van der Waals surface area contributed by atoms with Gasteiger partial charge in [-0.3, -0.25) is 19.3 Å². The predicted molar refractivity (Wildman–Crippen MR) is 167 cm³/mol. The fourth-order valence-corrected chi connectivity index (χ4v) is 4.67. The van der Waals surface area contributed by atoms with Crippen molar-refractivity contribution in [2.24, 2.45) is 0 Å². The molecule has 4 aromatic rings. The van der Waals surface area contributed by atoms with Gasteiger partial charge in [-0.1, -0.05) is 0 Å². The van der Waals surface area contributed by atoms with E-state index in [-0.39, 0.29) is 49.7 Å². The van der Waals surface area contributed by atoms with Gasteiger partial charge in [0.05, 0.1) is 44.9 Å². The number of anilines is 2. The standard InChI is InChI=1S/C29H40N10O6/c1-19(40)16-38(2)17-24(42)33-9-12-44-14-13-43-11-7-23(41)32-8-3-4-10-39-28-25(27(30)34-18-35-28)26(37-39)20-5-6-22-21(15-20)36-29(31)45-22/h5-6,15,18H,3-4,7-14,16-17H2,1-2H3,(H2,31,36)(H,32,41)(H,33,42)(H2,30,34,35). The van der Waals surface area contributed by atoms with Crippen LogP contribution in [-0.4, -0.2) is 107 Å². The molecule has 0 fully saturated rings. The molecular weight excluding hydrogens is 584 g/mol. The molecule has 3 heterocycles. The highest BCUT2D eigenvalue weighted by molar-refractivity contribution is 5.99. The number of oxazole rings is 1. The summed E-state index contributed by atoms with van der Waals surface area (Å²) in [5.41, 5.74) is 15.1. The second kappa shape index (κ2) is 16.4. The molecule has 0 aliphatic heterocycles. The van der Waals surface area contributed by atoms with Crippen LogP contribution in [0.3, 0.4) is 0 Å². The molecule has 0 saturated heterocycles. The van der Waals surface area contributed by atoms with Crippen molar-refractivity contribution in [2.75, 3.05) is 71.1 Å². The number of nitrogen functional groups attached to an aromatic ring is 2. The van der Waals surface area contributed by atoms with Gasteiger partial charge in [-0.2, -0.15) is 10.1 Å². The van der Waals surface area contributed by atoms with Gasteiger partial charge in [0.25, 0.3) is 6.01 Å². The van der Waals surface area contributed by atoms with E-state index in [4.69, 9.17) is 30.5 Å². The van der Waals surface area contributed by atoms with E-state index in [9.17, 15) is 14.4 Å². The highest BCUT2D eigenvalue weighted by atomic mass is 16.5. The second-order valence-electron chi connectivity index (χ2n) is 10.5. The summed E-state index contributed by atoms with van der Waals surface area (Å²) in [6, 6.07) is 5.57. The largest absolute Gasteiger partial charge is 0.424 e. The van der Waals surface area contributed by atoms with Crippen molar-refractivity contribution in [1.29, 1.82) is 0 Å². The lowest BCUT2D eigenvalue weighted by Crippen LogP contribution is -2.38. The van der Waals surface area contributed by atoms with E-state index < -0.39 is 0 Å². The van der Waals surface area contributed by atoms with Crippen LogP contribution in [0.15, 0.2) is 28.9 Å². The molecule has 0 radical (unpaired) electrons. The smallest absolute Gasteiger partial charge is 0.292 e. The minimum absolute atomic E-state index is 0.00534. The number of rotatable bonds is 19. The SMILES string of the molecule is CC(=O)CN(C)CC(=O)NCCOCCOCCC(=O)NCCCCn1nc(-c2ccc3oc(N)nc3c2)c2c(N)ncnc21. The van der Waals surface area contributed by atoms with E-state index in [0.29, 0.717) is 73.1 Å². The molecule has 1 aromatic carbocycles. The lowest BCUT2D eigenvalue weighted by Gasteiger charge is -2.14. The van der Waals surface area contributed by atoms with Crippen molar-refractivity contribution in [3.63, 3.8) is 0 Å². The van der Waals surface area contributed by atoms with Crippen LogP contribution in [0.4, 0.5) is 11.8 Å². The molecule has 0 aliphatic rings. The van der Waals surface area contributed by atoms with Crippen LogP contribution in [0.25, 0.3) is 33.4 Å². The average molecular weight is 625 g/mol. The number of hydrogen-bond donors (Lipinski definition) is 4.